The van der Waals surface area contributed by atoms with E-state index in [1.165, 1.54) is 16.2 Å². The number of rotatable bonds is 6. The molecule has 0 fully saturated rings. The van der Waals surface area contributed by atoms with Crippen molar-refractivity contribution >= 4 is 28.6 Å². The van der Waals surface area contributed by atoms with Gasteiger partial charge in [0.15, 0.2) is 0 Å². The van der Waals surface area contributed by atoms with E-state index in [2.05, 4.69) is 24.1 Å². The highest BCUT2D eigenvalue weighted by atomic mass is 32.1. The van der Waals surface area contributed by atoms with E-state index in [1.54, 1.807) is 22.8 Å². The summed E-state index contributed by atoms with van der Waals surface area (Å²) in [5, 5.41) is 15.0. The number of nitrogens with zero attached hydrogens (tertiary/aromatic N) is 1. The fraction of sp³-hybridized carbons (Fsp3) is 0.385. The molecule has 0 aliphatic rings. The van der Waals surface area contributed by atoms with E-state index in [-0.39, 0.29) is 6.04 Å². The molecular formula is C13H16N2O2S2. The number of aromatic nitrogens is 1. The van der Waals surface area contributed by atoms with Crippen LogP contribution in [0, 0.1) is 0 Å². The molecule has 0 amide bonds. The van der Waals surface area contributed by atoms with Crippen molar-refractivity contribution in [2.45, 2.75) is 32.9 Å². The number of carboxylic acids is 1. The number of carbonyl (C=O) groups is 1. The molecule has 0 saturated carbocycles. The largest absolute Gasteiger partial charge is 0.478 e. The van der Waals surface area contributed by atoms with Crippen LogP contribution in [-0.2, 0) is 13.0 Å². The molecule has 0 bridgehead atoms. The van der Waals surface area contributed by atoms with Gasteiger partial charge in [-0.3, -0.25) is 0 Å². The minimum absolute atomic E-state index is 0.181. The maximum atomic E-state index is 10.8. The van der Waals surface area contributed by atoms with E-state index < -0.39 is 5.97 Å². The van der Waals surface area contributed by atoms with Crippen molar-refractivity contribution in [1.82, 2.24) is 10.3 Å². The molecule has 0 radical (unpaired) electrons. The molecule has 2 aromatic heterocycles. The van der Waals surface area contributed by atoms with Gasteiger partial charge in [0.25, 0.3) is 0 Å². The normalized spacial score (nSPS) is 12.5. The van der Waals surface area contributed by atoms with Gasteiger partial charge in [-0.25, -0.2) is 9.78 Å². The molecule has 6 heteroatoms. The summed E-state index contributed by atoms with van der Waals surface area (Å²) in [4.78, 5) is 17.5. The molecule has 0 aliphatic carbocycles. The Hall–Kier alpha value is -1.24. The van der Waals surface area contributed by atoms with Crippen molar-refractivity contribution in [2.24, 2.45) is 0 Å². The summed E-state index contributed by atoms with van der Waals surface area (Å²) in [5.41, 5.74) is 0.358. The number of carboxylic acid groups (broad SMARTS) is 1. The molecule has 2 aromatic rings. The molecule has 2 heterocycles. The maximum Gasteiger partial charge on any atom is 0.336 e. The van der Waals surface area contributed by atoms with Gasteiger partial charge >= 0.3 is 5.97 Å². The van der Waals surface area contributed by atoms with Crippen LogP contribution in [0.15, 0.2) is 17.6 Å². The summed E-state index contributed by atoms with van der Waals surface area (Å²) in [7, 11) is 0. The Bertz CT molecular complexity index is 562. The van der Waals surface area contributed by atoms with Crippen molar-refractivity contribution in [1.29, 1.82) is 0 Å². The maximum absolute atomic E-state index is 10.8. The third-order valence-corrected chi connectivity index (χ3v) is 5.03. The summed E-state index contributed by atoms with van der Waals surface area (Å²) >= 11 is 3.19. The second kappa shape index (κ2) is 6.27. The standard InChI is InChI=1S/C13H16N2O2S2/c1-3-10-5-15-12(19-10)8(2)14-6-11-4-9(7-18-11)13(16)17/h4-5,7-8,14H,3,6H2,1-2H3,(H,16,17). The van der Waals surface area contributed by atoms with Crippen LogP contribution in [0.1, 0.15) is 45.0 Å². The average molecular weight is 296 g/mol. The summed E-state index contributed by atoms with van der Waals surface area (Å²) in [6.45, 7) is 4.86. The highest BCUT2D eigenvalue weighted by Crippen LogP contribution is 2.21. The van der Waals surface area contributed by atoms with Gasteiger partial charge in [-0.2, -0.15) is 0 Å². The molecule has 19 heavy (non-hydrogen) atoms. The Morgan fingerprint density at radius 3 is 2.89 bits per heavy atom. The molecule has 102 valence electrons. The number of nitrogens with one attached hydrogen (secondary N) is 1. The monoisotopic (exact) mass is 296 g/mol. The topological polar surface area (TPSA) is 62.2 Å². The van der Waals surface area contributed by atoms with Crippen LogP contribution in [0.3, 0.4) is 0 Å². The quantitative estimate of drug-likeness (QED) is 0.858. The first-order valence-corrected chi connectivity index (χ1v) is 7.78. The number of hydrogen-bond donors (Lipinski definition) is 2. The zero-order valence-corrected chi connectivity index (χ0v) is 12.5. The van der Waals surface area contributed by atoms with Crippen LogP contribution >= 0.6 is 22.7 Å². The number of thiophene rings is 1. The van der Waals surface area contributed by atoms with E-state index in [1.807, 2.05) is 6.20 Å². The predicted octanol–water partition coefficient (Wildman–Crippen LogP) is 3.32. The molecule has 4 nitrogen and oxygen atoms in total. The van der Waals surface area contributed by atoms with Crippen molar-refractivity contribution in [3.8, 4) is 0 Å². The fourth-order valence-electron chi connectivity index (χ4n) is 1.61. The van der Waals surface area contributed by atoms with E-state index in [9.17, 15) is 4.79 Å². The predicted molar refractivity (Wildman–Crippen MR) is 78.0 cm³/mol. The average Bonchev–Trinajstić information content (AvgIpc) is 3.04. The third-order valence-electron chi connectivity index (χ3n) is 2.77. The first-order valence-electron chi connectivity index (χ1n) is 6.08. The lowest BCUT2D eigenvalue weighted by Gasteiger charge is -2.09. The van der Waals surface area contributed by atoms with Crippen LogP contribution < -0.4 is 5.32 Å². The molecular weight excluding hydrogens is 280 g/mol. The summed E-state index contributed by atoms with van der Waals surface area (Å²) in [5.74, 6) is -0.872. The molecule has 2 N–H and O–H groups in total. The molecule has 0 aromatic carbocycles. The molecule has 0 aliphatic heterocycles. The van der Waals surface area contributed by atoms with E-state index >= 15 is 0 Å². The SMILES string of the molecule is CCc1cnc(C(C)NCc2cc(C(=O)O)cs2)s1. The Balaban J connectivity index is 1.92. The number of hydrogen-bond acceptors (Lipinski definition) is 5. The Kier molecular flexibility index (Phi) is 4.68. The summed E-state index contributed by atoms with van der Waals surface area (Å²) < 4.78 is 0. The van der Waals surface area contributed by atoms with Crippen LogP contribution in [0.4, 0.5) is 0 Å². The van der Waals surface area contributed by atoms with E-state index in [4.69, 9.17) is 5.11 Å². The lowest BCUT2D eigenvalue weighted by Crippen LogP contribution is -2.17. The van der Waals surface area contributed by atoms with Gasteiger partial charge in [0.1, 0.15) is 5.01 Å². The van der Waals surface area contributed by atoms with Crippen molar-refractivity contribution in [2.75, 3.05) is 0 Å². The Morgan fingerprint density at radius 1 is 1.53 bits per heavy atom. The Labute approximate surface area is 120 Å². The minimum Gasteiger partial charge on any atom is -0.478 e. The molecule has 2 rings (SSSR count). The summed E-state index contributed by atoms with van der Waals surface area (Å²) in [6.07, 6.45) is 2.93. The van der Waals surface area contributed by atoms with Gasteiger partial charge in [0.2, 0.25) is 0 Å². The Morgan fingerprint density at radius 2 is 2.32 bits per heavy atom. The minimum atomic E-state index is -0.872. The van der Waals surface area contributed by atoms with Crippen molar-refractivity contribution in [3.63, 3.8) is 0 Å². The van der Waals surface area contributed by atoms with E-state index in [0.717, 1.165) is 16.3 Å². The number of aryl methyl sites for hydroxylation is 1. The third kappa shape index (κ3) is 3.62. The number of thiazole rings is 1. The molecule has 0 saturated heterocycles. The summed E-state index contributed by atoms with van der Waals surface area (Å²) in [6, 6.07) is 1.90. The highest BCUT2D eigenvalue weighted by molar-refractivity contribution is 7.11. The first-order chi connectivity index (χ1) is 9.10. The molecule has 0 spiro atoms. The second-order valence-electron chi connectivity index (χ2n) is 4.23. The lowest BCUT2D eigenvalue weighted by atomic mass is 10.3. The van der Waals surface area contributed by atoms with Gasteiger partial charge in [-0.05, 0) is 19.4 Å². The van der Waals surface area contributed by atoms with Gasteiger partial charge in [-0.15, -0.1) is 22.7 Å². The zero-order chi connectivity index (χ0) is 13.8. The highest BCUT2D eigenvalue weighted by Gasteiger charge is 2.11. The van der Waals surface area contributed by atoms with Gasteiger partial charge in [0, 0.05) is 27.9 Å². The van der Waals surface area contributed by atoms with Crippen molar-refractivity contribution in [3.05, 3.63) is 38.0 Å². The number of aromatic carboxylic acids is 1. The molecule has 1 unspecified atom stereocenters. The van der Waals surface area contributed by atoms with Gasteiger partial charge < -0.3 is 10.4 Å². The first kappa shape index (κ1) is 14.2. The van der Waals surface area contributed by atoms with E-state index in [0.29, 0.717) is 12.1 Å². The fourth-order valence-corrected chi connectivity index (χ4v) is 3.31. The lowest BCUT2D eigenvalue weighted by molar-refractivity contribution is 0.0697. The van der Waals surface area contributed by atoms with Gasteiger partial charge in [-0.1, -0.05) is 6.92 Å². The second-order valence-corrected chi connectivity index (χ2v) is 6.37. The van der Waals surface area contributed by atoms with Crippen LogP contribution in [0.25, 0.3) is 0 Å². The smallest absolute Gasteiger partial charge is 0.336 e. The van der Waals surface area contributed by atoms with Crippen LogP contribution in [0.2, 0.25) is 0 Å². The van der Waals surface area contributed by atoms with Crippen molar-refractivity contribution < 1.29 is 9.90 Å². The van der Waals surface area contributed by atoms with Crippen LogP contribution in [0.5, 0.6) is 0 Å². The zero-order valence-electron chi connectivity index (χ0n) is 10.8. The van der Waals surface area contributed by atoms with Crippen LogP contribution in [-0.4, -0.2) is 16.1 Å². The molecule has 1 atom stereocenters. The van der Waals surface area contributed by atoms with Gasteiger partial charge in [0.05, 0.1) is 11.6 Å².